The van der Waals surface area contributed by atoms with Crippen molar-refractivity contribution in [3.8, 4) is 0 Å². The fourth-order valence-corrected chi connectivity index (χ4v) is 5.05. The van der Waals surface area contributed by atoms with Crippen LogP contribution in [0.3, 0.4) is 0 Å². The van der Waals surface area contributed by atoms with Crippen LogP contribution in [0.4, 0.5) is 0 Å². The SMILES string of the molecule is CCN(CC)C(=O)C1CCCN(S(=O)(=O)c2cccc(Br)c2)C1. The van der Waals surface area contributed by atoms with E-state index >= 15 is 0 Å². The van der Waals surface area contributed by atoms with Crippen LogP contribution >= 0.6 is 15.9 Å². The molecule has 1 aliphatic rings. The van der Waals surface area contributed by atoms with E-state index in [1.54, 1.807) is 29.2 Å². The van der Waals surface area contributed by atoms with Crippen molar-refractivity contribution in [1.29, 1.82) is 0 Å². The van der Waals surface area contributed by atoms with Crippen molar-refractivity contribution in [2.24, 2.45) is 5.92 Å². The van der Waals surface area contributed by atoms with E-state index in [9.17, 15) is 13.2 Å². The van der Waals surface area contributed by atoms with E-state index in [1.807, 2.05) is 13.8 Å². The first kappa shape index (κ1) is 18.4. The number of nitrogens with zero attached hydrogens (tertiary/aromatic N) is 2. The van der Waals surface area contributed by atoms with Gasteiger partial charge in [0.15, 0.2) is 0 Å². The molecule has 0 spiro atoms. The molecule has 23 heavy (non-hydrogen) atoms. The molecule has 7 heteroatoms. The van der Waals surface area contributed by atoms with Crippen LogP contribution in [0, 0.1) is 5.92 Å². The highest BCUT2D eigenvalue weighted by Crippen LogP contribution is 2.26. The molecular weight excluding hydrogens is 380 g/mol. The Morgan fingerprint density at radius 2 is 2.04 bits per heavy atom. The second-order valence-corrected chi connectivity index (χ2v) is 8.52. The molecule has 0 aromatic heterocycles. The third kappa shape index (κ3) is 4.14. The van der Waals surface area contributed by atoms with Crippen LogP contribution in [0.2, 0.25) is 0 Å². The zero-order valence-electron chi connectivity index (χ0n) is 13.5. The van der Waals surface area contributed by atoms with E-state index in [1.165, 1.54) is 4.31 Å². The van der Waals surface area contributed by atoms with Gasteiger partial charge < -0.3 is 4.90 Å². The first-order valence-electron chi connectivity index (χ1n) is 7.94. The van der Waals surface area contributed by atoms with E-state index < -0.39 is 10.0 Å². The molecule has 1 saturated heterocycles. The van der Waals surface area contributed by atoms with Crippen molar-refractivity contribution in [2.75, 3.05) is 26.2 Å². The zero-order chi connectivity index (χ0) is 17.0. The summed E-state index contributed by atoms with van der Waals surface area (Å²) >= 11 is 3.31. The van der Waals surface area contributed by atoms with Gasteiger partial charge in [0.05, 0.1) is 10.8 Å². The van der Waals surface area contributed by atoms with Crippen LogP contribution in [0.15, 0.2) is 33.6 Å². The summed E-state index contributed by atoms with van der Waals surface area (Å²) in [5, 5.41) is 0. The van der Waals surface area contributed by atoms with Gasteiger partial charge in [0, 0.05) is 30.7 Å². The topological polar surface area (TPSA) is 57.7 Å². The lowest BCUT2D eigenvalue weighted by molar-refractivity contribution is -0.136. The van der Waals surface area contributed by atoms with Gasteiger partial charge in [-0.15, -0.1) is 0 Å². The lowest BCUT2D eigenvalue weighted by Crippen LogP contribution is -2.46. The summed E-state index contributed by atoms with van der Waals surface area (Å²) in [4.78, 5) is 14.6. The van der Waals surface area contributed by atoms with E-state index in [2.05, 4.69) is 15.9 Å². The van der Waals surface area contributed by atoms with Gasteiger partial charge in [0.2, 0.25) is 15.9 Å². The standard InChI is InChI=1S/C16H23BrN2O3S/c1-3-18(4-2)16(20)13-7-6-10-19(12-13)23(21,22)15-9-5-8-14(17)11-15/h5,8-9,11,13H,3-4,6-7,10,12H2,1-2H3. The van der Waals surface area contributed by atoms with Crippen molar-refractivity contribution < 1.29 is 13.2 Å². The number of amides is 1. The molecule has 1 aliphatic heterocycles. The van der Waals surface area contributed by atoms with Crippen LogP contribution in [0.5, 0.6) is 0 Å². The third-order valence-corrected chi connectivity index (χ3v) is 6.60. The van der Waals surface area contributed by atoms with Gasteiger partial charge in [-0.05, 0) is 44.9 Å². The Balaban J connectivity index is 2.19. The summed E-state index contributed by atoms with van der Waals surface area (Å²) in [5.41, 5.74) is 0. The van der Waals surface area contributed by atoms with E-state index in [0.717, 1.165) is 10.9 Å². The van der Waals surface area contributed by atoms with Gasteiger partial charge in [-0.2, -0.15) is 4.31 Å². The summed E-state index contributed by atoms with van der Waals surface area (Å²) in [6.07, 6.45) is 1.46. The predicted octanol–water partition coefficient (Wildman–Crippen LogP) is 2.72. The minimum Gasteiger partial charge on any atom is -0.343 e. The molecule has 1 amide bonds. The largest absolute Gasteiger partial charge is 0.343 e. The van der Waals surface area contributed by atoms with Gasteiger partial charge in [0.1, 0.15) is 0 Å². The smallest absolute Gasteiger partial charge is 0.243 e. The van der Waals surface area contributed by atoms with Crippen molar-refractivity contribution >= 4 is 31.9 Å². The lowest BCUT2D eigenvalue weighted by Gasteiger charge is -2.33. The molecule has 1 aromatic carbocycles. The summed E-state index contributed by atoms with van der Waals surface area (Å²) in [6, 6.07) is 6.70. The molecule has 1 atom stereocenters. The van der Waals surface area contributed by atoms with Crippen molar-refractivity contribution in [1.82, 2.24) is 9.21 Å². The van der Waals surface area contributed by atoms with Crippen LogP contribution in [-0.2, 0) is 14.8 Å². The molecule has 1 fully saturated rings. The fourth-order valence-electron chi connectivity index (χ4n) is 2.93. The van der Waals surface area contributed by atoms with Crippen LogP contribution in [-0.4, -0.2) is 49.7 Å². The van der Waals surface area contributed by atoms with E-state index in [0.29, 0.717) is 26.1 Å². The second-order valence-electron chi connectivity index (χ2n) is 5.67. The summed E-state index contributed by atoms with van der Waals surface area (Å²) in [5.74, 6) is -0.185. The summed E-state index contributed by atoms with van der Waals surface area (Å²) < 4.78 is 27.8. The summed E-state index contributed by atoms with van der Waals surface area (Å²) in [6.45, 7) is 5.94. The number of hydrogen-bond donors (Lipinski definition) is 0. The molecular formula is C16H23BrN2O3S. The average Bonchev–Trinajstić information content (AvgIpc) is 2.56. The second kappa shape index (κ2) is 7.77. The monoisotopic (exact) mass is 402 g/mol. The molecule has 0 saturated carbocycles. The zero-order valence-corrected chi connectivity index (χ0v) is 15.9. The van der Waals surface area contributed by atoms with Gasteiger partial charge in [-0.25, -0.2) is 8.42 Å². The predicted molar refractivity (Wildman–Crippen MR) is 93.6 cm³/mol. The quantitative estimate of drug-likeness (QED) is 0.760. The molecule has 0 aliphatic carbocycles. The molecule has 0 bridgehead atoms. The normalized spacial score (nSPS) is 19.5. The third-order valence-electron chi connectivity index (χ3n) is 4.24. The number of carbonyl (C=O) groups is 1. The number of piperidine rings is 1. The van der Waals surface area contributed by atoms with Crippen molar-refractivity contribution in [2.45, 2.75) is 31.6 Å². The van der Waals surface area contributed by atoms with Crippen LogP contribution in [0.1, 0.15) is 26.7 Å². The number of benzene rings is 1. The first-order valence-corrected chi connectivity index (χ1v) is 10.2. The molecule has 0 N–H and O–H groups in total. The molecule has 2 rings (SSSR count). The Morgan fingerprint density at radius 1 is 1.35 bits per heavy atom. The number of hydrogen-bond acceptors (Lipinski definition) is 3. The van der Waals surface area contributed by atoms with E-state index in [4.69, 9.17) is 0 Å². The molecule has 128 valence electrons. The maximum atomic E-state index is 12.8. The van der Waals surface area contributed by atoms with Crippen LogP contribution in [0.25, 0.3) is 0 Å². The Bertz CT molecular complexity index is 659. The van der Waals surface area contributed by atoms with Gasteiger partial charge in [0.25, 0.3) is 0 Å². The maximum absolute atomic E-state index is 12.8. The molecule has 1 aromatic rings. The Morgan fingerprint density at radius 3 is 2.65 bits per heavy atom. The Labute approximate surface area is 146 Å². The lowest BCUT2D eigenvalue weighted by atomic mass is 9.98. The minimum atomic E-state index is -3.56. The van der Waals surface area contributed by atoms with E-state index in [-0.39, 0.29) is 23.3 Å². The maximum Gasteiger partial charge on any atom is 0.243 e. The number of halogens is 1. The molecule has 1 heterocycles. The van der Waals surface area contributed by atoms with Gasteiger partial charge >= 0.3 is 0 Å². The van der Waals surface area contributed by atoms with Gasteiger partial charge in [-0.1, -0.05) is 22.0 Å². The molecule has 1 unspecified atom stereocenters. The fraction of sp³-hybridized carbons (Fsp3) is 0.562. The highest BCUT2D eigenvalue weighted by molar-refractivity contribution is 9.10. The van der Waals surface area contributed by atoms with Gasteiger partial charge in [-0.3, -0.25) is 4.79 Å². The number of carbonyl (C=O) groups excluding carboxylic acids is 1. The number of rotatable bonds is 5. The Kier molecular flexibility index (Phi) is 6.22. The van der Waals surface area contributed by atoms with Crippen molar-refractivity contribution in [3.05, 3.63) is 28.7 Å². The summed E-state index contributed by atoms with van der Waals surface area (Å²) in [7, 11) is -3.56. The highest BCUT2D eigenvalue weighted by Gasteiger charge is 2.34. The molecule has 0 radical (unpaired) electrons. The van der Waals surface area contributed by atoms with Crippen LogP contribution < -0.4 is 0 Å². The minimum absolute atomic E-state index is 0.0594. The highest BCUT2D eigenvalue weighted by atomic mass is 79.9. The average molecular weight is 403 g/mol. The molecule has 5 nitrogen and oxygen atoms in total. The number of sulfonamides is 1. The Hall–Kier alpha value is -0.920. The first-order chi connectivity index (χ1) is 10.9. The van der Waals surface area contributed by atoms with Crippen molar-refractivity contribution in [3.63, 3.8) is 0 Å².